The number of aryl methyl sites for hydroxylation is 1. The summed E-state index contributed by atoms with van der Waals surface area (Å²) >= 11 is 0. The Balaban J connectivity index is 1.92. The number of hydrazine groups is 1. The normalized spacial score (nSPS) is 9.83. The quantitative estimate of drug-likeness (QED) is 0.722. The Kier molecular flexibility index (Phi) is 3.33. The Morgan fingerprint density at radius 1 is 1.22 bits per heavy atom. The SMILES string of the molecule is Cn1cc(C(=O)NNC(=O)c2ccccn2)cn1. The Bertz CT molecular complexity index is 564. The van der Waals surface area contributed by atoms with Crippen LogP contribution in [-0.2, 0) is 7.05 Å². The summed E-state index contributed by atoms with van der Waals surface area (Å²) in [6.45, 7) is 0. The molecule has 2 aromatic rings. The molecule has 2 heterocycles. The third kappa shape index (κ3) is 2.70. The summed E-state index contributed by atoms with van der Waals surface area (Å²) in [5, 5.41) is 3.85. The molecule has 0 spiro atoms. The fourth-order valence-electron chi connectivity index (χ4n) is 1.29. The molecule has 92 valence electrons. The standard InChI is InChI=1S/C11H11N5O2/c1-16-7-8(6-13-16)10(17)14-15-11(18)9-4-2-3-5-12-9/h2-7H,1H3,(H,14,17)(H,15,18). The van der Waals surface area contributed by atoms with Crippen LogP contribution in [0.2, 0.25) is 0 Å². The largest absolute Gasteiger partial charge is 0.288 e. The Labute approximate surface area is 103 Å². The van der Waals surface area contributed by atoms with Crippen LogP contribution >= 0.6 is 0 Å². The first-order valence-electron chi connectivity index (χ1n) is 5.17. The molecule has 0 saturated heterocycles. The van der Waals surface area contributed by atoms with E-state index in [2.05, 4.69) is 20.9 Å². The van der Waals surface area contributed by atoms with Crippen molar-refractivity contribution >= 4 is 11.8 Å². The molecule has 2 amide bonds. The molecule has 0 unspecified atom stereocenters. The van der Waals surface area contributed by atoms with Crippen molar-refractivity contribution in [1.29, 1.82) is 0 Å². The number of nitrogens with one attached hydrogen (secondary N) is 2. The highest BCUT2D eigenvalue weighted by Crippen LogP contribution is 1.95. The number of amides is 2. The first-order valence-corrected chi connectivity index (χ1v) is 5.17. The number of pyridine rings is 1. The second kappa shape index (κ2) is 5.09. The molecule has 2 rings (SSSR count). The van der Waals surface area contributed by atoms with E-state index in [1.807, 2.05) is 0 Å². The van der Waals surface area contributed by atoms with Crippen molar-refractivity contribution in [3.63, 3.8) is 0 Å². The lowest BCUT2D eigenvalue weighted by atomic mass is 10.3. The van der Waals surface area contributed by atoms with Crippen LogP contribution in [0.25, 0.3) is 0 Å². The molecule has 0 aromatic carbocycles. The number of hydrogen-bond acceptors (Lipinski definition) is 4. The van der Waals surface area contributed by atoms with Crippen LogP contribution in [0.1, 0.15) is 20.8 Å². The average Bonchev–Trinajstić information content (AvgIpc) is 2.83. The molecule has 0 atom stereocenters. The van der Waals surface area contributed by atoms with Crippen molar-refractivity contribution in [3.05, 3.63) is 48.0 Å². The van der Waals surface area contributed by atoms with E-state index in [0.29, 0.717) is 5.56 Å². The first-order chi connectivity index (χ1) is 8.66. The molecule has 0 fully saturated rings. The van der Waals surface area contributed by atoms with Gasteiger partial charge in [0.15, 0.2) is 0 Å². The third-order valence-corrected chi connectivity index (χ3v) is 2.15. The zero-order valence-corrected chi connectivity index (χ0v) is 9.62. The number of nitrogens with zero attached hydrogens (tertiary/aromatic N) is 3. The van der Waals surface area contributed by atoms with Gasteiger partial charge in [-0.15, -0.1) is 0 Å². The van der Waals surface area contributed by atoms with Gasteiger partial charge in [0.2, 0.25) is 0 Å². The van der Waals surface area contributed by atoms with Gasteiger partial charge in [0.05, 0.1) is 11.8 Å². The molecule has 2 N–H and O–H groups in total. The van der Waals surface area contributed by atoms with Gasteiger partial charge < -0.3 is 0 Å². The van der Waals surface area contributed by atoms with Gasteiger partial charge in [-0.25, -0.2) is 0 Å². The van der Waals surface area contributed by atoms with E-state index in [9.17, 15) is 9.59 Å². The van der Waals surface area contributed by atoms with Gasteiger partial charge in [-0.2, -0.15) is 5.10 Å². The topological polar surface area (TPSA) is 88.9 Å². The highest BCUT2D eigenvalue weighted by atomic mass is 16.2. The number of rotatable bonds is 2. The van der Waals surface area contributed by atoms with Crippen LogP contribution in [0.3, 0.4) is 0 Å². The van der Waals surface area contributed by atoms with E-state index >= 15 is 0 Å². The number of carbonyl (C=O) groups is 2. The highest BCUT2D eigenvalue weighted by molar-refractivity contribution is 5.97. The maximum Gasteiger partial charge on any atom is 0.288 e. The molecule has 7 nitrogen and oxygen atoms in total. The van der Waals surface area contributed by atoms with E-state index in [4.69, 9.17) is 0 Å². The van der Waals surface area contributed by atoms with Crippen molar-refractivity contribution in [1.82, 2.24) is 25.6 Å². The van der Waals surface area contributed by atoms with E-state index in [1.165, 1.54) is 17.1 Å². The molecule has 0 aliphatic heterocycles. The smallest absolute Gasteiger partial charge is 0.275 e. The predicted octanol–water partition coefficient (Wildman–Crippen LogP) is -0.110. The minimum Gasteiger partial charge on any atom is -0.275 e. The van der Waals surface area contributed by atoms with E-state index < -0.39 is 11.8 Å². The van der Waals surface area contributed by atoms with Gasteiger partial charge in [-0.3, -0.25) is 30.1 Å². The van der Waals surface area contributed by atoms with E-state index in [1.54, 1.807) is 31.4 Å². The van der Waals surface area contributed by atoms with Crippen LogP contribution in [-0.4, -0.2) is 26.6 Å². The second-order valence-electron chi connectivity index (χ2n) is 3.53. The number of carbonyl (C=O) groups excluding carboxylic acids is 2. The maximum absolute atomic E-state index is 11.6. The van der Waals surface area contributed by atoms with Crippen LogP contribution < -0.4 is 10.9 Å². The van der Waals surface area contributed by atoms with Crippen molar-refractivity contribution < 1.29 is 9.59 Å². The van der Waals surface area contributed by atoms with Crippen molar-refractivity contribution in [3.8, 4) is 0 Å². The minimum atomic E-state index is -0.479. The lowest BCUT2D eigenvalue weighted by Crippen LogP contribution is -2.41. The van der Waals surface area contributed by atoms with Gasteiger partial charge in [0.25, 0.3) is 11.8 Å². The third-order valence-electron chi connectivity index (χ3n) is 2.15. The fourth-order valence-corrected chi connectivity index (χ4v) is 1.29. The highest BCUT2D eigenvalue weighted by Gasteiger charge is 2.10. The van der Waals surface area contributed by atoms with Gasteiger partial charge in [-0.05, 0) is 12.1 Å². The van der Waals surface area contributed by atoms with Crippen molar-refractivity contribution in [2.75, 3.05) is 0 Å². The van der Waals surface area contributed by atoms with Crippen molar-refractivity contribution in [2.24, 2.45) is 7.05 Å². The summed E-state index contributed by atoms with van der Waals surface area (Å²) in [5.41, 5.74) is 5.13. The summed E-state index contributed by atoms with van der Waals surface area (Å²) in [4.78, 5) is 27.0. The molecule has 0 radical (unpaired) electrons. The van der Waals surface area contributed by atoms with Gasteiger partial charge >= 0.3 is 0 Å². The van der Waals surface area contributed by atoms with Crippen LogP contribution in [0.4, 0.5) is 0 Å². The molecular formula is C11H11N5O2. The van der Waals surface area contributed by atoms with Crippen LogP contribution in [0.5, 0.6) is 0 Å². The first kappa shape index (κ1) is 11.8. The predicted molar refractivity (Wildman–Crippen MR) is 62.4 cm³/mol. The summed E-state index contributed by atoms with van der Waals surface area (Å²) in [5.74, 6) is -0.916. The summed E-state index contributed by atoms with van der Waals surface area (Å²) in [6, 6.07) is 4.93. The Morgan fingerprint density at radius 2 is 2.00 bits per heavy atom. The molecule has 0 saturated carbocycles. The Morgan fingerprint density at radius 3 is 2.61 bits per heavy atom. The minimum absolute atomic E-state index is 0.226. The zero-order chi connectivity index (χ0) is 13.0. The fraction of sp³-hybridized carbons (Fsp3) is 0.0909. The molecule has 18 heavy (non-hydrogen) atoms. The van der Waals surface area contributed by atoms with Gasteiger partial charge in [-0.1, -0.05) is 6.07 Å². The molecule has 0 aliphatic carbocycles. The molecule has 7 heteroatoms. The maximum atomic E-state index is 11.6. The molecule has 0 bridgehead atoms. The summed E-state index contributed by atoms with van der Waals surface area (Å²) < 4.78 is 1.50. The second-order valence-corrected chi connectivity index (χ2v) is 3.53. The number of hydrogen-bond donors (Lipinski definition) is 2. The van der Waals surface area contributed by atoms with Crippen molar-refractivity contribution in [2.45, 2.75) is 0 Å². The lowest BCUT2D eigenvalue weighted by Gasteiger charge is -2.05. The number of aromatic nitrogens is 3. The monoisotopic (exact) mass is 245 g/mol. The van der Waals surface area contributed by atoms with Crippen LogP contribution in [0, 0.1) is 0 Å². The van der Waals surface area contributed by atoms with Gasteiger partial charge in [0, 0.05) is 19.4 Å². The lowest BCUT2D eigenvalue weighted by molar-refractivity contribution is 0.0844. The molecule has 0 aliphatic rings. The Hall–Kier alpha value is -2.70. The zero-order valence-electron chi connectivity index (χ0n) is 9.62. The van der Waals surface area contributed by atoms with E-state index in [0.717, 1.165) is 0 Å². The average molecular weight is 245 g/mol. The molecular weight excluding hydrogens is 234 g/mol. The summed E-state index contributed by atoms with van der Waals surface area (Å²) in [7, 11) is 1.70. The van der Waals surface area contributed by atoms with E-state index in [-0.39, 0.29) is 5.69 Å². The summed E-state index contributed by atoms with van der Waals surface area (Å²) in [6.07, 6.45) is 4.45. The van der Waals surface area contributed by atoms with Crippen LogP contribution in [0.15, 0.2) is 36.8 Å². The molecule has 2 aromatic heterocycles. The van der Waals surface area contributed by atoms with Gasteiger partial charge in [0.1, 0.15) is 5.69 Å².